The zero-order valence-electron chi connectivity index (χ0n) is 10.4. The Morgan fingerprint density at radius 2 is 2.16 bits per heavy atom. The summed E-state index contributed by atoms with van der Waals surface area (Å²) in [6.07, 6.45) is -4.73. The lowest BCUT2D eigenvalue weighted by atomic mass is 9.93. The van der Waals surface area contributed by atoms with Crippen LogP contribution in [0.15, 0.2) is 18.2 Å². The molecule has 19 heavy (non-hydrogen) atoms. The summed E-state index contributed by atoms with van der Waals surface area (Å²) in [5.74, 6) is -1.68. The lowest BCUT2D eigenvalue weighted by Crippen LogP contribution is -2.21. The molecule has 104 valence electrons. The minimum absolute atomic E-state index is 0.124. The molecule has 1 N–H and O–H groups in total. The van der Waals surface area contributed by atoms with Gasteiger partial charge in [0.25, 0.3) is 0 Å². The Balaban J connectivity index is 2.52. The fraction of sp³-hybridized carbons (Fsp3) is 0.462. The van der Waals surface area contributed by atoms with Crippen molar-refractivity contribution in [2.24, 2.45) is 0 Å². The molecule has 1 aromatic carbocycles. The number of likely N-dealkylation sites (N-methyl/N-ethyl adjacent to an activating group) is 1. The summed E-state index contributed by atoms with van der Waals surface area (Å²) >= 11 is 0. The fourth-order valence-corrected chi connectivity index (χ4v) is 2.64. The number of benzene rings is 1. The van der Waals surface area contributed by atoms with E-state index in [1.807, 2.05) is 6.92 Å². The second kappa shape index (κ2) is 4.75. The Kier molecular flexibility index (Phi) is 3.43. The van der Waals surface area contributed by atoms with Gasteiger partial charge >= 0.3 is 12.1 Å². The van der Waals surface area contributed by atoms with Crippen LogP contribution in [0.5, 0.6) is 0 Å². The van der Waals surface area contributed by atoms with E-state index in [2.05, 4.69) is 0 Å². The standard InChI is InChI=1S/C13H14F3NO2/c1-2-17-7-8(6-11(18)19)12-9(13(14,15)16)4-3-5-10(12)17/h3-5,8H,2,6-7H2,1H3,(H,18,19). The summed E-state index contributed by atoms with van der Waals surface area (Å²) in [4.78, 5) is 12.6. The first-order chi connectivity index (χ1) is 8.84. The molecule has 0 saturated carbocycles. The third kappa shape index (κ3) is 2.52. The van der Waals surface area contributed by atoms with Crippen molar-refractivity contribution >= 4 is 11.7 Å². The predicted molar refractivity (Wildman–Crippen MR) is 64.3 cm³/mol. The first-order valence-corrected chi connectivity index (χ1v) is 6.01. The highest BCUT2D eigenvalue weighted by Gasteiger charge is 2.40. The Morgan fingerprint density at radius 1 is 1.47 bits per heavy atom. The first kappa shape index (κ1) is 13.7. The summed E-state index contributed by atoms with van der Waals surface area (Å²) in [6, 6.07) is 4.01. The molecule has 0 aliphatic carbocycles. The van der Waals surface area contributed by atoms with Crippen molar-refractivity contribution in [2.75, 3.05) is 18.0 Å². The molecule has 1 heterocycles. The molecule has 0 bridgehead atoms. The zero-order valence-corrected chi connectivity index (χ0v) is 10.4. The quantitative estimate of drug-likeness (QED) is 0.920. The molecule has 1 aliphatic rings. The molecule has 2 rings (SSSR count). The highest BCUT2D eigenvalue weighted by Crippen LogP contribution is 2.45. The van der Waals surface area contributed by atoms with E-state index in [1.54, 1.807) is 11.0 Å². The van der Waals surface area contributed by atoms with Gasteiger partial charge in [-0.15, -0.1) is 0 Å². The molecule has 3 nitrogen and oxygen atoms in total. The lowest BCUT2D eigenvalue weighted by Gasteiger charge is -2.17. The largest absolute Gasteiger partial charge is 0.481 e. The minimum atomic E-state index is -4.45. The van der Waals surface area contributed by atoms with Gasteiger partial charge in [-0.2, -0.15) is 13.2 Å². The average molecular weight is 273 g/mol. The van der Waals surface area contributed by atoms with Crippen molar-refractivity contribution in [1.82, 2.24) is 0 Å². The van der Waals surface area contributed by atoms with E-state index in [0.717, 1.165) is 6.07 Å². The molecular weight excluding hydrogens is 259 g/mol. The summed E-state index contributed by atoms with van der Waals surface area (Å²) in [5.41, 5.74) is -0.0879. The number of fused-ring (bicyclic) bond motifs is 1. The number of halogens is 3. The van der Waals surface area contributed by atoms with Crippen LogP contribution >= 0.6 is 0 Å². The third-order valence-electron chi connectivity index (χ3n) is 3.38. The fourth-order valence-electron chi connectivity index (χ4n) is 2.64. The number of anilines is 1. The zero-order chi connectivity index (χ0) is 14.2. The van der Waals surface area contributed by atoms with E-state index < -0.39 is 23.6 Å². The number of carboxylic acid groups (broad SMARTS) is 1. The highest BCUT2D eigenvalue weighted by molar-refractivity contribution is 5.72. The Labute approximate surface area is 108 Å². The lowest BCUT2D eigenvalue weighted by molar-refractivity contribution is -0.140. The molecule has 1 aromatic rings. The van der Waals surface area contributed by atoms with Gasteiger partial charge in [-0.05, 0) is 24.6 Å². The van der Waals surface area contributed by atoms with Crippen LogP contribution in [0.3, 0.4) is 0 Å². The number of aliphatic carboxylic acids is 1. The van der Waals surface area contributed by atoms with Gasteiger partial charge in [0.15, 0.2) is 0 Å². The van der Waals surface area contributed by atoms with Gasteiger partial charge in [-0.1, -0.05) is 6.07 Å². The Bertz CT molecular complexity index is 499. The van der Waals surface area contributed by atoms with Gasteiger partial charge in [-0.25, -0.2) is 0 Å². The van der Waals surface area contributed by atoms with Crippen LogP contribution < -0.4 is 4.90 Å². The van der Waals surface area contributed by atoms with Gasteiger partial charge in [0.05, 0.1) is 12.0 Å². The second-order valence-electron chi connectivity index (χ2n) is 4.57. The highest BCUT2D eigenvalue weighted by atomic mass is 19.4. The van der Waals surface area contributed by atoms with Crippen LogP contribution in [0, 0.1) is 0 Å². The average Bonchev–Trinajstić information content (AvgIpc) is 2.65. The van der Waals surface area contributed by atoms with E-state index in [9.17, 15) is 18.0 Å². The number of rotatable bonds is 3. The number of carbonyl (C=O) groups is 1. The first-order valence-electron chi connectivity index (χ1n) is 6.01. The number of alkyl halides is 3. The molecule has 0 fully saturated rings. The molecule has 1 atom stereocenters. The van der Waals surface area contributed by atoms with E-state index in [0.29, 0.717) is 18.8 Å². The molecule has 1 unspecified atom stereocenters. The van der Waals surface area contributed by atoms with Gasteiger partial charge in [0, 0.05) is 24.7 Å². The summed E-state index contributed by atoms with van der Waals surface area (Å²) < 4.78 is 39.1. The maximum atomic E-state index is 13.0. The number of hydrogen-bond donors (Lipinski definition) is 1. The predicted octanol–water partition coefficient (Wildman–Crippen LogP) is 3.10. The third-order valence-corrected chi connectivity index (χ3v) is 3.38. The summed E-state index contributed by atoms with van der Waals surface area (Å²) in [5, 5.41) is 8.85. The Morgan fingerprint density at radius 3 is 2.68 bits per heavy atom. The topological polar surface area (TPSA) is 40.5 Å². The monoisotopic (exact) mass is 273 g/mol. The molecule has 0 saturated heterocycles. The smallest absolute Gasteiger partial charge is 0.416 e. The van der Waals surface area contributed by atoms with Gasteiger partial charge in [-0.3, -0.25) is 4.79 Å². The van der Waals surface area contributed by atoms with Crippen LogP contribution in [0.25, 0.3) is 0 Å². The maximum Gasteiger partial charge on any atom is 0.416 e. The molecule has 6 heteroatoms. The number of hydrogen-bond acceptors (Lipinski definition) is 2. The molecule has 0 radical (unpaired) electrons. The van der Waals surface area contributed by atoms with Crippen molar-refractivity contribution in [3.63, 3.8) is 0 Å². The van der Waals surface area contributed by atoms with Gasteiger partial charge < -0.3 is 10.0 Å². The second-order valence-corrected chi connectivity index (χ2v) is 4.57. The maximum absolute atomic E-state index is 13.0. The molecule has 1 aliphatic heterocycles. The van der Waals surface area contributed by atoms with E-state index >= 15 is 0 Å². The summed E-state index contributed by atoms with van der Waals surface area (Å²) in [7, 11) is 0. The molecule has 0 amide bonds. The van der Waals surface area contributed by atoms with Crippen LogP contribution in [0.2, 0.25) is 0 Å². The normalized spacial score (nSPS) is 18.5. The van der Waals surface area contributed by atoms with E-state index in [1.165, 1.54) is 6.07 Å². The number of carboxylic acids is 1. The van der Waals surface area contributed by atoms with Gasteiger partial charge in [0.2, 0.25) is 0 Å². The number of nitrogens with zero attached hydrogens (tertiary/aromatic N) is 1. The molecule has 0 aromatic heterocycles. The molecular formula is C13H14F3NO2. The van der Waals surface area contributed by atoms with Crippen LogP contribution in [-0.4, -0.2) is 24.2 Å². The van der Waals surface area contributed by atoms with Gasteiger partial charge in [0.1, 0.15) is 0 Å². The summed E-state index contributed by atoms with van der Waals surface area (Å²) in [6.45, 7) is 2.73. The van der Waals surface area contributed by atoms with E-state index in [4.69, 9.17) is 5.11 Å². The van der Waals surface area contributed by atoms with E-state index in [-0.39, 0.29) is 12.0 Å². The van der Waals surface area contributed by atoms with Crippen molar-refractivity contribution in [3.05, 3.63) is 29.3 Å². The van der Waals surface area contributed by atoms with Crippen molar-refractivity contribution in [1.29, 1.82) is 0 Å². The van der Waals surface area contributed by atoms with Crippen molar-refractivity contribution in [2.45, 2.75) is 25.4 Å². The minimum Gasteiger partial charge on any atom is -0.481 e. The Hall–Kier alpha value is -1.72. The van der Waals surface area contributed by atoms with Crippen molar-refractivity contribution < 1.29 is 23.1 Å². The van der Waals surface area contributed by atoms with Crippen LogP contribution in [0.1, 0.15) is 30.4 Å². The molecule has 0 spiro atoms. The van der Waals surface area contributed by atoms with Crippen molar-refractivity contribution in [3.8, 4) is 0 Å². The van der Waals surface area contributed by atoms with Crippen LogP contribution in [-0.2, 0) is 11.0 Å². The SMILES string of the molecule is CCN1CC(CC(=O)O)c2c1cccc2C(F)(F)F. The van der Waals surface area contributed by atoms with Crippen LogP contribution in [0.4, 0.5) is 18.9 Å².